The van der Waals surface area contributed by atoms with Gasteiger partial charge in [-0.15, -0.1) is 0 Å². The van der Waals surface area contributed by atoms with Crippen molar-refractivity contribution in [3.05, 3.63) is 58.3 Å². The molecule has 1 heterocycles. The van der Waals surface area contributed by atoms with E-state index in [2.05, 4.69) is 15.9 Å². The van der Waals surface area contributed by atoms with Gasteiger partial charge in [-0.25, -0.2) is 4.79 Å². The minimum absolute atomic E-state index is 0.212. The number of halogens is 1. The topological polar surface area (TPSA) is 101 Å². The van der Waals surface area contributed by atoms with Crippen molar-refractivity contribution >= 4 is 33.9 Å². The van der Waals surface area contributed by atoms with Gasteiger partial charge in [0.1, 0.15) is 11.6 Å². The van der Waals surface area contributed by atoms with Gasteiger partial charge >= 0.3 is 6.03 Å². The molecule has 0 aliphatic carbocycles. The molecule has 0 fully saturated rings. The maximum absolute atomic E-state index is 11.7. The third kappa shape index (κ3) is 3.62. The summed E-state index contributed by atoms with van der Waals surface area (Å²) >= 11 is 3.36. The summed E-state index contributed by atoms with van der Waals surface area (Å²) < 4.78 is 2.75. The number of hydrogen-bond donors (Lipinski definition) is 2. The summed E-state index contributed by atoms with van der Waals surface area (Å²) in [7, 11) is 0. The molecule has 22 heavy (non-hydrogen) atoms. The van der Waals surface area contributed by atoms with Gasteiger partial charge in [-0.2, -0.15) is 5.26 Å². The number of benzene rings is 1. The Kier molecular flexibility index (Phi) is 4.76. The lowest BCUT2D eigenvalue weighted by molar-refractivity contribution is -0.115. The van der Waals surface area contributed by atoms with Crippen LogP contribution in [0.2, 0.25) is 0 Å². The fourth-order valence-electron chi connectivity index (χ4n) is 1.82. The number of carbonyl (C=O) groups excluding carboxylic acids is 2. The average Bonchev–Trinajstić information content (AvgIpc) is 2.92. The van der Waals surface area contributed by atoms with Gasteiger partial charge in [0.15, 0.2) is 0 Å². The molecular weight excluding hydrogens is 348 g/mol. The second-order valence-corrected chi connectivity index (χ2v) is 5.18. The number of primary amides is 1. The van der Waals surface area contributed by atoms with Gasteiger partial charge in [0.25, 0.3) is 5.91 Å². The first-order valence-electron chi connectivity index (χ1n) is 6.17. The number of nitrogens with two attached hydrogens (primary N) is 1. The standard InChI is InChI=1S/C15H11BrN4O2/c16-11-3-5-12(6-4-11)20-7-1-2-13(20)8-10(9-17)14(21)19-15(18)22/h1-8H,(H3,18,19,21,22)/b10-8-. The van der Waals surface area contributed by atoms with Gasteiger partial charge in [-0.05, 0) is 42.5 Å². The summed E-state index contributed by atoms with van der Waals surface area (Å²) in [6, 6.07) is 11.8. The molecule has 6 nitrogen and oxygen atoms in total. The molecule has 0 spiro atoms. The van der Waals surface area contributed by atoms with Crippen molar-refractivity contribution in [2.75, 3.05) is 0 Å². The maximum atomic E-state index is 11.7. The van der Waals surface area contributed by atoms with Crippen LogP contribution < -0.4 is 11.1 Å². The molecule has 110 valence electrons. The second kappa shape index (κ2) is 6.74. The molecule has 0 aliphatic heterocycles. The fraction of sp³-hybridized carbons (Fsp3) is 0. The van der Waals surface area contributed by atoms with Crippen LogP contribution in [0.4, 0.5) is 4.79 Å². The van der Waals surface area contributed by atoms with Crippen LogP contribution in [0.5, 0.6) is 0 Å². The summed E-state index contributed by atoms with van der Waals surface area (Å²) in [6.45, 7) is 0. The number of urea groups is 1. The summed E-state index contributed by atoms with van der Waals surface area (Å²) in [5.74, 6) is -0.835. The minimum Gasteiger partial charge on any atom is -0.351 e. The predicted molar refractivity (Wildman–Crippen MR) is 84.8 cm³/mol. The highest BCUT2D eigenvalue weighted by molar-refractivity contribution is 9.10. The molecule has 7 heteroatoms. The van der Waals surface area contributed by atoms with Crippen LogP contribution in [0.3, 0.4) is 0 Å². The van der Waals surface area contributed by atoms with E-state index in [-0.39, 0.29) is 5.57 Å². The van der Waals surface area contributed by atoms with Crippen LogP contribution in [-0.2, 0) is 4.79 Å². The molecule has 2 aromatic rings. The van der Waals surface area contributed by atoms with Crippen molar-refractivity contribution in [3.8, 4) is 11.8 Å². The van der Waals surface area contributed by atoms with Gasteiger partial charge in [0, 0.05) is 22.1 Å². The lowest BCUT2D eigenvalue weighted by Gasteiger charge is -2.07. The molecule has 0 aliphatic rings. The van der Waals surface area contributed by atoms with Crippen LogP contribution in [0.1, 0.15) is 5.69 Å². The monoisotopic (exact) mass is 358 g/mol. The Morgan fingerprint density at radius 3 is 2.55 bits per heavy atom. The number of amides is 3. The largest absolute Gasteiger partial charge is 0.351 e. The maximum Gasteiger partial charge on any atom is 0.319 e. The van der Waals surface area contributed by atoms with Gasteiger partial charge in [0.2, 0.25) is 0 Å². The number of imide groups is 1. The first kappa shape index (κ1) is 15.5. The Labute approximate surface area is 135 Å². The number of nitrogens with zero attached hydrogens (tertiary/aromatic N) is 2. The SMILES string of the molecule is N#C/C(=C/c1cccn1-c1ccc(Br)cc1)C(=O)NC(N)=O. The van der Waals surface area contributed by atoms with Crippen molar-refractivity contribution in [2.24, 2.45) is 5.73 Å². The van der Waals surface area contributed by atoms with Crippen molar-refractivity contribution < 1.29 is 9.59 Å². The summed E-state index contributed by atoms with van der Waals surface area (Å²) in [5.41, 5.74) is 6.16. The van der Waals surface area contributed by atoms with Crippen LogP contribution >= 0.6 is 15.9 Å². The Hall–Kier alpha value is -2.85. The Morgan fingerprint density at radius 2 is 1.95 bits per heavy atom. The molecule has 0 saturated heterocycles. The first-order valence-corrected chi connectivity index (χ1v) is 6.96. The molecule has 2 rings (SSSR count). The molecule has 0 bridgehead atoms. The molecule has 0 unspecified atom stereocenters. The number of carbonyl (C=O) groups is 2. The Balaban J connectivity index is 2.38. The van der Waals surface area contributed by atoms with Gasteiger partial charge in [-0.1, -0.05) is 15.9 Å². The minimum atomic E-state index is -1.01. The smallest absolute Gasteiger partial charge is 0.319 e. The third-order valence-corrected chi connectivity index (χ3v) is 3.31. The number of nitrogens with one attached hydrogen (secondary N) is 1. The van der Waals surface area contributed by atoms with E-state index in [4.69, 9.17) is 11.0 Å². The number of aromatic nitrogens is 1. The molecule has 3 amide bonds. The molecular formula is C15H11BrN4O2. The predicted octanol–water partition coefficient (Wildman–Crippen LogP) is 2.34. The van der Waals surface area contributed by atoms with Crippen molar-refractivity contribution in [1.82, 2.24) is 9.88 Å². The molecule has 0 saturated carbocycles. The van der Waals surface area contributed by atoms with Crippen LogP contribution in [0, 0.1) is 11.3 Å². The second-order valence-electron chi connectivity index (χ2n) is 4.27. The zero-order valence-electron chi connectivity index (χ0n) is 11.3. The van der Waals surface area contributed by atoms with Crippen molar-refractivity contribution in [1.29, 1.82) is 5.26 Å². The Morgan fingerprint density at radius 1 is 1.27 bits per heavy atom. The molecule has 1 aromatic carbocycles. The molecule has 0 radical (unpaired) electrons. The van der Waals surface area contributed by atoms with Gasteiger partial charge in [-0.3, -0.25) is 10.1 Å². The van der Waals surface area contributed by atoms with Gasteiger partial charge < -0.3 is 10.3 Å². The van der Waals surface area contributed by atoms with E-state index in [1.165, 1.54) is 6.08 Å². The normalized spacial score (nSPS) is 10.8. The van der Waals surface area contributed by atoms with Crippen LogP contribution in [0.25, 0.3) is 11.8 Å². The van der Waals surface area contributed by atoms with E-state index < -0.39 is 11.9 Å². The van der Waals surface area contributed by atoms with E-state index in [1.54, 1.807) is 29.0 Å². The van der Waals surface area contributed by atoms with Crippen molar-refractivity contribution in [3.63, 3.8) is 0 Å². The molecule has 3 N–H and O–H groups in total. The van der Waals surface area contributed by atoms with Crippen LogP contribution in [-0.4, -0.2) is 16.5 Å². The number of rotatable bonds is 3. The lowest BCUT2D eigenvalue weighted by atomic mass is 10.2. The van der Waals surface area contributed by atoms with Crippen molar-refractivity contribution in [2.45, 2.75) is 0 Å². The lowest BCUT2D eigenvalue weighted by Crippen LogP contribution is -2.35. The summed E-state index contributed by atoms with van der Waals surface area (Å²) in [6.07, 6.45) is 3.19. The quantitative estimate of drug-likeness (QED) is 0.650. The van der Waals surface area contributed by atoms with Crippen LogP contribution in [0.15, 0.2) is 52.6 Å². The van der Waals surface area contributed by atoms with E-state index >= 15 is 0 Å². The average molecular weight is 359 g/mol. The fourth-order valence-corrected chi connectivity index (χ4v) is 2.09. The van der Waals surface area contributed by atoms with E-state index in [9.17, 15) is 9.59 Å². The molecule has 1 aromatic heterocycles. The molecule has 0 atom stereocenters. The Bertz CT molecular complexity index is 785. The number of nitriles is 1. The van der Waals surface area contributed by atoms with Gasteiger partial charge in [0.05, 0.1) is 0 Å². The van der Waals surface area contributed by atoms with E-state index in [1.807, 2.05) is 29.6 Å². The highest BCUT2D eigenvalue weighted by Crippen LogP contribution is 2.18. The third-order valence-electron chi connectivity index (χ3n) is 2.78. The highest BCUT2D eigenvalue weighted by atomic mass is 79.9. The zero-order chi connectivity index (χ0) is 16.1. The summed E-state index contributed by atoms with van der Waals surface area (Å²) in [5, 5.41) is 10.9. The first-order chi connectivity index (χ1) is 10.5. The van der Waals surface area contributed by atoms with E-state index in [0.29, 0.717) is 5.69 Å². The number of hydrogen-bond acceptors (Lipinski definition) is 3. The van der Waals surface area contributed by atoms with E-state index in [0.717, 1.165) is 10.2 Å². The summed E-state index contributed by atoms with van der Waals surface area (Å²) in [4.78, 5) is 22.4. The zero-order valence-corrected chi connectivity index (χ0v) is 12.9. The highest BCUT2D eigenvalue weighted by Gasteiger charge is 2.12.